The molecule has 6 heteroatoms. The van der Waals surface area contributed by atoms with E-state index in [2.05, 4.69) is 17.4 Å². The average molecular weight is 531 g/mol. The van der Waals surface area contributed by atoms with E-state index in [1.807, 2.05) is 72.8 Å². The molecular formula is C32H38N2O3S. The predicted molar refractivity (Wildman–Crippen MR) is 155 cm³/mol. The van der Waals surface area contributed by atoms with Crippen molar-refractivity contribution < 1.29 is 14.3 Å². The molecule has 1 fully saturated rings. The SMILES string of the molecule is COc1cccc(CN(C(=O)CSCc2ccccc2)[C@H](Cc2ccccc2)C(=O)NC2CCCCC2)c1. The molecule has 4 rings (SSSR count). The third-order valence-electron chi connectivity index (χ3n) is 7.05. The summed E-state index contributed by atoms with van der Waals surface area (Å²) >= 11 is 1.58. The molecule has 5 nitrogen and oxygen atoms in total. The Labute approximate surface area is 231 Å². The number of methoxy groups -OCH3 is 1. The molecule has 0 aliphatic heterocycles. The summed E-state index contributed by atoms with van der Waals surface area (Å²) in [6.45, 7) is 0.345. The van der Waals surface area contributed by atoms with Crippen LogP contribution < -0.4 is 10.1 Å². The average Bonchev–Trinajstić information content (AvgIpc) is 2.96. The molecule has 0 aromatic heterocycles. The van der Waals surface area contributed by atoms with Crippen molar-refractivity contribution in [1.82, 2.24) is 10.2 Å². The van der Waals surface area contributed by atoms with Gasteiger partial charge in [-0.2, -0.15) is 0 Å². The number of rotatable bonds is 12. The Kier molecular flexibility index (Phi) is 10.7. The van der Waals surface area contributed by atoms with Crippen molar-refractivity contribution >= 4 is 23.6 Å². The molecule has 0 saturated heterocycles. The Morgan fingerprint density at radius 1 is 0.895 bits per heavy atom. The predicted octanol–water partition coefficient (Wildman–Crippen LogP) is 6.02. The maximum Gasteiger partial charge on any atom is 0.243 e. The second kappa shape index (κ2) is 14.6. The molecule has 38 heavy (non-hydrogen) atoms. The van der Waals surface area contributed by atoms with Crippen LogP contribution in [0.15, 0.2) is 84.9 Å². The molecule has 0 bridgehead atoms. The number of carbonyl (C=O) groups is 2. The van der Waals surface area contributed by atoms with Crippen molar-refractivity contribution in [3.05, 3.63) is 102 Å². The lowest BCUT2D eigenvalue weighted by molar-refractivity contribution is -0.139. The lowest BCUT2D eigenvalue weighted by Crippen LogP contribution is -2.53. The van der Waals surface area contributed by atoms with Crippen LogP contribution in [0.5, 0.6) is 5.75 Å². The molecular weight excluding hydrogens is 492 g/mol. The third kappa shape index (κ3) is 8.38. The summed E-state index contributed by atoms with van der Waals surface area (Å²) in [5.41, 5.74) is 3.16. The minimum absolute atomic E-state index is 0.0338. The van der Waals surface area contributed by atoms with Gasteiger partial charge in [-0.25, -0.2) is 0 Å². The summed E-state index contributed by atoms with van der Waals surface area (Å²) in [5.74, 6) is 1.69. The highest BCUT2D eigenvalue weighted by atomic mass is 32.2. The second-order valence-electron chi connectivity index (χ2n) is 9.90. The van der Waals surface area contributed by atoms with E-state index < -0.39 is 6.04 Å². The summed E-state index contributed by atoms with van der Waals surface area (Å²) in [4.78, 5) is 29.4. The lowest BCUT2D eigenvalue weighted by Gasteiger charge is -2.33. The van der Waals surface area contributed by atoms with Gasteiger partial charge >= 0.3 is 0 Å². The molecule has 1 N–H and O–H groups in total. The molecule has 1 saturated carbocycles. The van der Waals surface area contributed by atoms with Gasteiger partial charge in [0.2, 0.25) is 11.8 Å². The van der Waals surface area contributed by atoms with E-state index in [0.29, 0.717) is 18.7 Å². The molecule has 3 aromatic carbocycles. The summed E-state index contributed by atoms with van der Waals surface area (Å²) in [5, 5.41) is 3.30. The van der Waals surface area contributed by atoms with E-state index in [0.717, 1.165) is 48.3 Å². The molecule has 1 aliphatic carbocycles. The van der Waals surface area contributed by atoms with Crippen LogP contribution in [0.3, 0.4) is 0 Å². The highest BCUT2D eigenvalue weighted by molar-refractivity contribution is 7.99. The third-order valence-corrected chi connectivity index (χ3v) is 8.04. The summed E-state index contributed by atoms with van der Waals surface area (Å²) in [7, 11) is 1.64. The van der Waals surface area contributed by atoms with Gasteiger partial charge in [-0.1, -0.05) is 92.1 Å². The maximum atomic E-state index is 13.8. The van der Waals surface area contributed by atoms with Crippen LogP contribution in [0.4, 0.5) is 0 Å². The fourth-order valence-corrected chi connectivity index (χ4v) is 5.85. The van der Waals surface area contributed by atoms with E-state index in [1.165, 1.54) is 12.0 Å². The quantitative estimate of drug-likeness (QED) is 0.311. The Hall–Kier alpha value is -3.25. The minimum atomic E-state index is -0.602. The van der Waals surface area contributed by atoms with Crippen molar-refractivity contribution in [2.45, 2.75) is 62.9 Å². The van der Waals surface area contributed by atoms with Gasteiger partial charge < -0.3 is 15.0 Å². The van der Waals surface area contributed by atoms with Gasteiger partial charge in [0.15, 0.2) is 0 Å². The van der Waals surface area contributed by atoms with Gasteiger partial charge in [0.05, 0.1) is 12.9 Å². The number of amides is 2. The molecule has 200 valence electrons. The van der Waals surface area contributed by atoms with Crippen LogP contribution in [0.2, 0.25) is 0 Å². The van der Waals surface area contributed by atoms with Gasteiger partial charge in [-0.15, -0.1) is 11.8 Å². The van der Waals surface area contributed by atoms with Crippen molar-refractivity contribution in [3.8, 4) is 5.75 Å². The fraction of sp³-hybridized carbons (Fsp3) is 0.375. The molecule has 0 radical (unpaired) electrons. The van der Waals surface area contributed by atoms with Crippen LogP contribution in [0.1, 0.15) is 48.8 Å². The largest absolute Gasteiger partial charge is 0.497 e. The zero-order chi connectivity index (χ0) is 26.6. The number of carbonyl (C=O) groups excluding carboxylic acids is 2. The summed E-state index contributed by atoms with van der Waals surface area (Å²) < 4.78 is 5.43. The molecule has 0 heterocycles. The molecule has 2 amide bonds. The van der Waals surface area contributed by atoms with Gasteiger partial charge in [0.25, 0.3) is 0 Å². The van der Waals surface area contributed by atoms with Crippen molar-refractivity contribution in [1.29, 1.82) is 0 Å². The van der Waals surface area contributed by atoms with E-state index in [9.17, 15) is 9.59 Å². The lowest BCUT2D eigenvalue weighted by atomic mass is 9.94. The van der Waals surface area contributed by atoms with Crippen molar-refractivity contribution in [2.24, 2.45) is 0 Å². The van der Waals surface area contributed by atoms with E-state index in [4.69, 9.17) is 4.74 Å². The summed E-state index contributed by atoms with van der Waals surface area (Å²) in [6.07, 6.45) is 5.96. The van der Waals surface area contributed by atoms with Gasteiger partial charge in [0.1, 0.15) is 11.8 Å². The topological polar surface area (TPSA) is 58.6 Å². The first-order valence-corrected chi connectivity index (χ1v) is 14.7. The Bertz CT molecular complexity index is 1150. The van der Waals surface area contributed by atoms with Crippen LogP contribution in [0.25, 0.3) is 0 Å². The minimum Gasteiger partial charge on any atom is -0.497 e. The first-order valence-electron chi connectivity index (χ1n) is 13.5. The number of ether oxygens (including phenoxy) is 1. The second-order valence-corrected chi connectivity index (χ2v) is 10.9. The Morgan fingerprint density at radius 3 is 2.24 bits per heavy atom. The number of hydrogen-bond donors (Lipinski definition) is 1. The zero-order valence-corrected chi connectivity index (χ0v) is 23.0. The first-order chi connectivity index (χ1) is 18.6. The van der Waals surface area contributed by atoms with Crippen molar-refractivity contribution in [3.63, 3.8) is 0 Å². The number of thioether (sulfide) groups is 1. The van der Waals surface area contributed by atoms with Crippen LogP contribution in [-0.4, -0.2) is 41.7 Å². The number of hydrogen-bond acceptors (Lipinski definition) is 4. The highest BCUT2D eigenvalue weighted by Gasteiger charge is 2.31. The van der Waals surface area contributed by atoms with Crippen LogP contribution in [0, 0.1) is 0 Å². The monoisotopic (exact) mass is 530 g/mol. The van der Waals surface area contributed by atoms with Crippen molar-refractivity contribution in [2.75, 3.05) is 12.9 Å². The smallest absolute Gasteiger partial charge is 0.243 e. The molecule has 1 aliphatic rings. The summed E-state index contributed by atoms with van der Waals surface area (Å²) in [6, 6.07) is 27.5. The standard InChI is InChI=1S/C32H38N2O3S/c1-37-29-19-11-16-27(20-29)22-34(31(35)24-38-23-26-14-7-3-8-15-26)30(21-25-12-5-2-6-13-25)32(36)33-28-17-9-4-10-18-28/h2-3,5-8,11-16,19-20,28,30H,4,9-10,17-18,21-24H2,1H3,(H,33,36)/t30-/m1/s1. The number of nitrogens with one attached hydrogen (secondary N) is 1. The van der Waals surface area contributed by atoms with Gasteiger partial charge in [-0.05, 0) is 41.7 Å². The maximum absolute atomic E-state index is 13.8. The molecule has 3 aromatic rings. The van der Waals surface area contributed by atoms with Crippen LogP contribution in [-0.2, 0) is 28.3 Å². The first kappa shape index (κ1) is 27.8. The molecule has 1 atom stereocenters. The fourth-order valence-electron chi connectivity index (χ4n) is 4.98. The number of benzene rings is 3. The number of nitrogens with zero attached hydrogens (tertiary/aromatic N) is 1. The normalized spacial score (nSPS) is 14.4. The Balaban J connectivity index is 1.58. The highest BCUT2D eigenvalue weighted by Crippen LogP contribution is 2.22. The van der Waals surface area contributed by atoms with E-state index >= 15 is 0 Å². The van der Waals surface area contributed by atoms with E-state index in [-0.39, 0.29) is 17.9 Å². The van der Waals surface area contributed by atoms with Gasteiger partial charge in [-0.3, -0.25) is 9.59 Å². The molecule has 0 unspecified atom stereocenters. The zero-order valence-electron chi connectivity index (χ0n) is 22.2. The van der Waals surface area contributed by atoms with E-state index in [1.54, 1.807) is 23.8 Å². The van der Waals surface area contributed by atoms with Crippen LogP contribution >= 0.6 is 11.8 Å². The Morgan fingerprint density at radius 2 is 1.55 bits per heavy atom. The van der Waals surface area contributed by atoms with Gasteiger partial charge in [0, 0.05) is 24.8 Å². The molecule has 0 spiro atoms.